The number of nitrogens with one attached hydrogen (secondary N) is 1. The average molecular weight is 518 g/mol. The van der Waals surface area contributed by atoms with Crippen LogP contribution in [0.4, 0.5) is 0 Å². The van der Waals surface area contributed by atoms with Crippen LogP contribution < -0.4 is 5.32 Å². The van der Waals surface area contributed by atoms with Crippen molar-refractivity contribution in [2.75, 3.05) is 13.1 Å². The number of nitrogens with zero attached hydrogens (tertiary/aromatic N) is 2. The van der Waals surface area contributed by atoms with Gasteiger partial charge < -0.3 is 20.2 Å². The van der Waals surface area contributed by atoms with Crippen molar-refractivity contribution in [1.29, 1.82) is 0 Å². The Hall–Kier alpha value is -3.68. The minimum absolute atomic E-state index is 0.0332. The van der Waals surface area contributed by atoms with Crippen molar-refractivity contribution in [3.8, 4) is 5.75 Å². The highest BCUT2D eigenvalue weighted by Crippen LogP contribution is 2.29. The molecule has 200 valence electrons. The van der Waals surface area contributed by atoms with E-state index in [4.69, 9.17) is 0 Å². The molecule has 0 bridgehead atoms. The fraction of sp³-hybridized carbons (Fsp3) is 0.467. The van der Waals surface area contributed by atoms with E-state index in [1.165, 1.54) is 0 Å². The number of aromatic hydroxyl groups is 1. The van der Waals surface area contributed by atoms with Crippen molar-refractivity contribution in [1.82, 2.24) is 15.1 Å². The quantitative estimate of drug-likeness (QED) is 0.649. The van der Waals surface area contributed by atoms with Crippen LogP contribution >= 0.6 is 0 Å². The van der Waals surface area contributed by atoms with Gasteiger partial charge in [0, 0.05) is 37.9 Å². The Labute approximate surface area is 223 Å². The second-order valence-corrected chi connectivity index (χ2v) is 10.8. The minimum atomic E-state index is -0.622. The average Bonchev–Trinajstić information content (AvgIpc) is 3.59. The molecule has 5 rings (SSSR count). The Morgan fingerprint density at radius 2 is 1.37 bits per heavy atom. The van der Waals surface area contributed by atoms with Gasteiger partial charge in [-0.1, -0.05) is 42.5 Å². The highest BCUT2D eigenvalue weighted by molar-refractivity contribution is 5.95. The van der Waals surface area contributed by atoms with Crippen molar-refractivity contribution in [3.63, 3.8) is 0 Å². The first-order valence-electron chi connectivity index (χ1n) is 13.6. The molecule has 8 heteroatoms. The van der Waals surface area contributed by atoms with Crippen molar-refractivity contribution in [3.05, 3.63) is 65.7 Å². The molecule has 3 heterocycles. The van der Waals surface area contributed by atoms with Crippen LogP contribution in [-0.4, -0.2) is 69.6 Å². The van der Waals surface area contributed by atoms with Gasteiger partial charge in [-0.15, -0.1) is 0 Å². The number of phenolic OH excluding ortho intramolecular Hbond substituents is 1. The second-order valence-electron chi connectivity index (χ2n) is 10.8. The largest absolute Gasteiger partial charge is 0.508 e. The molecule has 0 saturated carbocycles. The zero-order chi connectivity index (χ0) is 26.6. The molecule has 0 spiro atoms. The highest BCUT2D eigenvalue weighted by Gasteiger charge is 2.44. The summed E-state index contributed by atoms with van der Waals surface area (Å²) in [6, 6.07) is 14.8. The van der Waals surface area contributed by atoms with Gasteiger partial charge in [0.05, 0.1) is 0 Å². The summed E-state index contributed by atoms with van der Waals surface area (Å²) in [5, 5.41) is 12.8. The normalized spacial score (nSPS) is 26.7. The number of Topliss-reactive ketones (excluding diaryl/α,β-unsaturated/α-hetero) is 1. The Kier molecular flexibility index (Phi) is 7.77. The third kappa shape index (κ3) is 5.74. The molecule has 3 fully saturated rings. The molecule has 3 saturated heterocycles. The molecule has 0 aromatic heterocycles. The molecule has 0 unspecified atom stereocenters. The topological polar surface area (TPSA) is 107 Å². The number of ketones is 1. The fourth-order valence-electron chi connectivity index (χ4n) is 6.18. The molecular formula is C30H35N3O5. The van der Waals surface area contributed by atoms with E-state index in [0.717, 1.165) is 17.5 Å². The van der Waals surface area contributed by atoms with Crippen molar-refractivity contribution in [2.45, 2.75) is 69.5 Å². The van der Waals surface area contributed by atoms with Gasteiger partial charge in [-0.2, -0.15) is 0 Å². The van der Waals surface area contributed by atoms with Gasteiger partial charge in [0.2, 0.25) is 17.7 Å². The molecule has 2 aromatic carbocycles. The number of rotatable bonds is 4. The second kappa shape index (κ2) is 11.4. The lowest BCUT2D eigenvalue weighted by molar-refractivity contribution is -0.148. The van der Waals surface area contributed by atoms with Crippen LogP contribution in [0.5, 0.6) is 5.75 Å². The number of fused-ring (bicyclic) bond motifs is 2. The minimum Gasteiger partial charge on any atom is -0.508 e. The molecule has 38 heavy (non-hydrogen) atoms. The third-order valence-electron chi connectivity index (χ3n) is 8.05. The van der Waals surface area contributed by atoms with E-state index in [1.54, 1.807) is 34.1 Å². The monoisotopic (exact) mass is 517 g/mol. The standard InChI is InChI=1S/C30H35N3O5/c34-24-12-10-21(11-13-24)16-22-18-25(35)19-23(17-20-6-2-1-3-7-20)31-28(36)26-8-4-14-32(26)30(38)27-9-5-15-33(27)29(22)37/h1-3,6-7,10-13,22-23,26-27,34H,4-5,8-9,14-19H2,(H,31,36)/t22-,23+,26+,27+/m1/s1. The zero-order valence-corrected chi connectivity index (χ0v) is 21.6. The summed E-state index contributed by atoms with van der Waals surface area (Å²) in [6.45, 7) is 0.964. The SMILES string of the molecule is O=C1C[C@H](Cc2ccccc2)NC(=O)[C@@H]2CCCN2C(=O)[C@@H]2CCCN2C(=O)[C@H](Cc2ccc(O)cc2)C1. The maximum atomic E-state index is 13.9. The third-order valence-corrected chi connectivity index (χ3v) is 8.05. The lowest BCUT2D eigenvalue weighted by atomic mass is 9.90. The van der Waals surface area contributed by atoms with Crippen LogP contribution in [0.2, 0.25) is 0 Å². The molecule has 3 amide bonds. The molecule has 0 aliphatic carbocycles. The molecule has 3 aliphatic rings. The van der Waals surface area contributed by atoms with E-state index in [0.29, 0.717) is 45.2 Å². The first-order chi connectivity index (χ1) is 18.4. The number of benzene rings is 2. The van der Waals surface area contributed by atoms with Crippen LogP contribution in [0, 0.1) is 5.92 Å². The van der Waals surface area contributed by atoms with E-state index in [9.17, 15) is 24.3 Å². The van der Waals surface area contributed by atoms with E-state index in [2.05, 4.69) is 5.32 Å². The summed E-state index contributed by atoms with van der Waals surface area (Å²) >= 11 is 0. The van der Waals surface area contributed by atoms with Gasteiger partial charge in [0.1, 0.15) is 23.6 Å². The molecule has 2 N–H and O–H groups in total. The van der Waals surface area contributed by atoms with E-state index >= 15 is 0 Å². The Balaban J connectivity index is 1.46. The van der Waals surface area contributed by atoms with Gasteiger partial charge in [-0.05, 0) is 61.8 Å². The zero-order valence-electron chi connectivity index (χ0n) is 21.6. The maximum absolute atomic E-state index is 13.9. The smallest absolute Gasteiger partial charge is 0.246 e. The lowest BCUT2D eigenvalue weighted by Crippen LogP contribution is -2.54. The van der Waals surface area contributed by atoms with Gasteiger partial charge in [-0.25, -0.2) is 0 Å². The number of phenols is 1. The first kappa shape index (κ1) is 25.9. The summed E-state index contributed by atoms with van der Waals surface area (Å²) in [5.41, 5.74) is 1.85. The van der Waals surface area contributed by atoms with Crippen LogP contribution in [0.25, 0.3) is 0 Å². The van der Waals surface area contributed by atoms with Gasteiger partial charge in [0.25, 0.3) is 0 Å². The Morgan fingerprint density at radius 3 is 2.08 bits per heavy atom. The van der Waals surface area contributed by atoms with Gasteiger partial charge >= 0.3 is 0 Å². The predicted molar refractivity (Wildman–Crippen MR) is 141 cm³/mol. The molecule has 2 aromatic rings. The van der Waals surface area contributed by atoms with Crippen LogP contribution in [0.3, 0.4) is 0 Å². The van der Waals surface area contributed by atoms with Crippen molar-refractivity contribution in [2.24, 2.45) is 5.92 Å². The molecule has 0 radical (unpaired) electrons. The number of hydrogen-bond donors (Lipinski definition) is 2. The van der Waals surface area contributed by atoms with E-state index in [1.807, 2.05) is 30.3 Å². The Bertz CT molecular complexity index is 1180. The van der Waals surface area contributed by atoms with E-state index in [-0.39, 0.29) is 42.1 Å². The predicted octanol–water partition coefficient (Wildman–Crippen LogP) is 2.62. The lowest BCUT2D eigenvalue weighted by Gasteiger charge is -2.32. The maximum Gasteiger partial charge on any atom is 0.246 e. The molecule has 3 aliphatic heterocycles. The van der Waals surface area contributed by atoms with Crippen molar-refractivity contribution < 1.29 is 24.3 Å². The van der Waals surface area contributed by atoms with Gasteiger partial charge in [-0.3, -0.25) is 19.2 Å². The van der Waals surface area contributed by atoms with Gasteiger partial charge in [0.15, 0.2) is 0 Å². The summed E-state index contributed by atoms with van der Waals surface area (Å²) in [4.78, 5) is 57.7. The highest BCUT2D eigenvalue weighted by atomic mass is 16.3. The number of carbonyl (C=O) groups is 4. The summed E-state index contributed by atoms with van der Waals surface area (Å²) in [5.74, 6) is -1.15. The fourth-order valence-corrected chi connectivity index (χ4v) is 6.18. The summed E-state index contributed by atoms with van der Waals surface area (Å²) < 4.78 is 0. The van der Waals surface area contributed by atoms with Crippen molar-refractivity contribution >= 4 is 23.5 Å². The summed E-state index contributed by atoms with van der Waals surface area (Å²) in [7, 11) is 0. The molecule has 4 atom stereocenters. The number of amides is 3. The van der Waals surface area contributed by atoms with Crippen LogP contribution in [0.1, 0.15) is 49.7 Å². The number of hydrogen-bond acceptors (Lipinski definition) is 5. The van der Waals surface area contributed by atoms with Crippen LogP contribution in [0.15, 0.2) is 54.6 Å². The first-order valence-corrected chi connectivity index (χ1v) is 13.6. The van der Waals surface area contributed by atoms with Crippen LogP contribution in [-0.2, 0) is 32.0 Å². The summed E-state index contributed by atoms with van der Waals surface area (Å²) in [6.07, 6.45) is 3.56. The molecule has 8 nitrogen and oxygen atoms in total. The Morgan fingerprint density at radius 1 is 0.737 bits per heavy atom. The van der Waals surface area contributed by atoms with E-state index < -0.39 is 24.0 Å². The number of carbonyl (C=O) groups excluding carboxylic acids is 4. The molecular weight excluding hydrogens is 482 g/mol.